The van der Waals surface area contributed by atoms with Crippen molar-refractivity contribution in [1.29, 1.82) is 0 Å². The third-order valence-electron chi connectivity index (χ3n) is 5.13. The Bertz CT molecular complexity index is 1460. The Morgan fingerprint density at radius 3 is 2.63 bits per heavy atom. The van der Waals surface area contributed by atoms with Gasteiger partial charge in [0.25, 0.3) is 0 Å². The van der Waals surface area contributed by atoms with E-state index < -0.39 is 5.82 Å². The highest BCUT2D eigenvalue weighted by Gasteiger charge is 2.17. The first kappa shape index (κ1) is 18.1. The van der Waals surface area contributed by atoms with E-state index in [-0.39, 0.29) is 17.4 Å². The largest absolute Gasteiger partial charge is 0.422 e. The van der Waals surface area contributed by atoms with Gasteiger partial charge in [0.15, 0.2) is 17.2 Å². The third-order valence-corrected chi connectivity index (χ3v) is 5.13. The van der Waals surface area contributed by atoms with E-state index in [2.05, 4.69) is 9.97 Å². The van der Waals surface area contributed by atoms with Crippen molar-refractivity contribution < 1.29 is 9.13 Å². The molecule has 0 saturated heterocycles. The summed E-state index contributed by atoms with van der Waals surface area (Å²) >= 11 is 0. The maximum Gasteiger partial charge on any atom is 0.334 e. The van der Waals surface area contributed by atoms with Crippen molar-refractivity contribution >= 4 is 22.2 Å². The van der Waals surface area contributed by atoms with E-state index in [0.717, 1.165) is 11.0 Å². The molecule has 0 spiro atoms. The van der Waals surface area contributed by atoms with E-state index in [1.165, 1.54) is 16.7 Å². The molecule has 0 atom stereocenters. The Morgan fingerprint density at radius 1 is 1.07 bits per heavy atom. The smallest absolute Gasteiger partial charge is 0.334 e. The molecule has 0 aliphatic carbocycles. The van der Waals surface area contributed by atoms with Crippen LogP contribution in [0.3, 0.4) is 0 Å². The minimum atomic E-state index is -0.597. The molecule has 0 amide bonds. The van der Waals surface area contributed by atoms with Gasteiger partial charge in [0.05, 0.1) is 22.2 Å². The van der Waals surface area contributed by atoms with Crippen LogP contribution in [0.5, 0.6) is 11.8 Å². The number of para-hydroxylation sites is 2. The van der Waals surface area contributed by atoms with Gasteiger partial charge in [-0.15, -0.1) is 0 Å². The topological polar surface area (TPSA) is 66.9 Å². The van der Waals surface area contributed by atoms with Gasteiger partial charge in [0.1, 0.15) is 0 Å². The molecule has 5 aromatic rings. The summed E-state index contributed by atoms with van der Waals surface area (Å²) in [5.74, 6) is -0.572. The lowest BCUT2D eigenvalue weighted by molar-refractivity contribution is 0.400. The molecule has 0 aliphatic rings. The van der Waals surface area contributed by atoms with Crippen LogP contribution in [0.2, 0.25) is 0 Å². The van der Waals surface area contributed by atoms with Crippen LogP contribution in [-0.2, 0) is 13.6 Å². The normalized spacial score (nSPS) is 11.4. The number of benzene rings is 2. The van der Waals surface area contributed by atoms with Gasteiger partial charge in [-0.25, -0.2) is 18.7 Å². The molecule has 0 unspecified atom stereocenters. The Kier molecular flexibility index (Phi) is 4.13. The highest BCUT2D eigenvalue weighted by molar-refractivity contribution is 5.76. The second-order valence-electron chi connectivity index (χ2n) is 6.87. The van der Waals surface area contributed by atoms with Crippen LogP contribution in [0.25, 0.3) is 27.9 Å². The summed E-state index contributed by atoms with van der Waals surface area (Å²) in [6.45, 7) is 2.37. The van der Waals surface area contributed by atoms with Gasteiger partial charge in [0, 0.05) is 25.9 Å². The molecule has 0 N–H and O–H groups in total. The zero-order valence-electron chi connectivity index (χ0n) is 16.4. The van der Waals surface area contributed by atoms with Crippen molar-refractivity contribution in [3.8, 4) is 17.4 Å². The standard InChI is InChI=1S/C22H18FN5O2/c1-3-27-18-9-6-12-24-20(18)28(22(27)29)14-10-11-19(15(23)13-14)30-21-25-16-7-4-5-8-17(16)26(21)2/h4-13H,3H2,1-2H3. The van der Waals surface area contributed by atoms with Crippen LogP contribution in [-0.4, -0.2) is 23.7 Å². The number of fused-ring (bicyclic) bond motifs is 2. The van der Waals surface area contributed by atoms with Crippen LogP contribution < -0.4 is 10.4 Å². The highest BCUT2D eigenvalue weighted by Crippen LogP contribution is 2.28. The van der Waals surface area contributed by atoms with Crippen LogP contribution in [0.15, 0.2) is 65.6 Å². The number of imidazole rings is 2. The molecule has 0 radical (unpaired) electrons. The van der Waals surface area contributed by atoms with Gasteiger partial charge < -0.3 is 4.74 Å². The summed E-state index contributed by atoms with van der Waals surface area (Å²) in [4.78, 5) is 21.6. The van der Waals surface area contributed by atoms with E-state index in [0.29, 0.717) is 23.4 Å². The minimum Gasteiger partial charge on any atom is -0.422 e. The maximum absolute atomic E-state index is 14.9. The summed E-state index contributed by atoms with van der Waals surface area (Å²) < 4.78 is 25.4. The van der Waals surface area contributed by atoms with Gasteiger partial charge in [0.2, 0.25) is 0 Å². The summed E-state index contributed by atoms with van der Waals surface area (Å²) in [7, 11) is 1.81. The number of aromatic nitrogens is 5. The Labute approximate surface area is 170 Å². The Morgan fingerprint density at radius 2 is 1.87 bits per heavy atom. The van der Waals surface area contributed by atoms with Crippen LogP contribution in [0.4, 0.5) is 4.39 Å². The predicted octanol–water partition coefficient (Wildman–Crippen LogP) is 4.03. The van der Waals surface area contributed by atoms with Crippen LogP contribution in [0.1, 0.15) is 6.92 Å². The third kappa shape index (κ3) is 2.68. The molecule has 150 valence electrons. The molecule has 0 bridgehead atoms. The molecule has 8 heteroatoms. The quantitative estimate of drug-likeness (QED) is 0.455. The first-order valence-electron chi connectivity index (χ1n) is 9.54. The molecule has 0 fully saturated rings. The number of nitrogens with zero attached hydrogens (tertiary/aromatic N) is 5. The number of hydrogen-bond acceptors (Lipinski definition) is 4. The molecule has 7 nitrogen and oxygen atoms in total. The molecular weight excluding hydrogens is 385 g/mol. The Balaban J connectivity index is 1.57. The van der Waals surface area contributed by atoms with Gasteiger partial charge >= 0.3 is 11.7 Å². The zero-order chi connectivity index (χ0) is 20.8. The van der Waals surface area contributed by atoms with Crippen molar-refractivity contribution in [2.75, 3.05) is 0 Å². The lowest BCUT2D eigenvalue weighted by atomic mass is 10.3. The SMILES string of the molecule is CCn1c(=O)n(-c2ccc(Oc3nc4ccccc4n3C)c(F)c2)c2ncccc21. The van der Waals surface area contributed by atoms with E-state index in [1.54, 1.807) is 27.5 Å². The van der Waals surface area contributed by atoms with Crippen molar-refractivity contribution in [1.82, 2.24) is 23.7 Å². The number of aryl methyl sites for hydroxylation is 2. The maximum atomic E-state index is 14.9. The monoisotopic (exact) mass is 403 g/mol. The number of rotatable bonds is 4. The molecule has 0 aliphatic heterocycles. The fourth-order valence-electron chi connectivity index (χ4n) is 3.65. The summed E-state index contributed by atoms with van der Waals surface area (Å²) in [6, 6.07) is 15.8. The van der Waals surface area contributed by atoms with Crippen molar-refractivity contribution in [2.24, 2.45) is 7.05 Å². The van der Waals surface area contributed by atoms with Crippen LogP contribution >= 0.6 is 0 Å². The van der Waals surface area contributed by atoms with Crippen LogP contribution in [0, 0.1) is 5.82 Å². The molecule has 5 rings (SSSR count). The predicted molar refractivity (Wildman–Crippen MR) is 112 cm³/mol. The molecular formula is C22H18FN5O2. The van der Waals surface area contributed by atoms with E-state index in [9.17, 15) is 9.18 Å². The summed E-state index contributed by atoms with van der Waals surface area (Å²) in [6.07, 6.45) is 1.61. The molecule has 3 aromatic heterocycles. The minimum absolute atomic E-state index is 0.0254. The number of hydrogen-bond donors (Lipinski definition) is 0. The zero-order valence-corrected chi connectivity index (χ0v) is 16.4. The van der Waals surface area contributed by atoms with Gasteiger partial charge in [-0.05, 0) is 43.3 Å². The molecule has 2 aromatic carbocycles. The first-order valence-corrected chi connectivity index (χ1v) is 9.54. The van der Waals surface area contributed by atoms with Gasteiger partial charge in [-0.3, -0.25) is 9.13 Å². The number of halogens is 1. The van der Waals surface area contributed by atoms with E-state index >= 15 is 0 Å². The van der Waals surface area contributed by atoms with Gasteiger partial charge in [-0.2, -0.15) is 4.98 Å². The molecule has 30 heavy (non-hydrogen) atoms. The number of ether oxygens (including phenoxy) is 1. The second kappa shape index (κ2) is 6.84. The number of pyridine rings is 1. The van der Waals surface area contributed by atoms with Crippen molar-refractivity contribution in [3.05, 3.63) is 77.1 Å². The second-order valence-corrected chi connectivity index (χ2v) is 6.87. The molecule has 0 saturated carbocycles. The highest BCUT2D eigenvalue weighted by atomic mass is 19.1. The lowest BCUT2D eigenvalue weighted by Gasteiger charge is -2.08. The van der Waals surface area contributed by atoms with E-state index in [4.69, 9.17) is 4.74 Å². The van der Waals surface area contributed by atoms with Gasteiger partial charge in [-0.1, -0.05) is 12.1 Å². The fourth-order valence-corrected chi connectivity index (χ4v) is 3.65. The fraction of sp³-hybridized carbons (Fsp3) is 0.136. The van der Waals surface area contributed by atoms with E-state index in [1.807, 2.05) is 44.3 Å². The molecule has 3 heterocycles. The summed E-state index contributed by atoms with van der Waals surface area (Å²) in [5, 5.41) is 0. The Hall–Kier alpha value is -3.94. The first-order chi connectivity index (χ1) is 14.6. The van der Waals surface area contributed by atoms with Crippen molar-refractivity contribution in [3.63, 3.8) is 0 Å². The van der Waals surface area contributed by atoms with Crippen molar-refractivity contribution in [2.45, 2.75) is 13.5 Å². The lowest BCUT2D eigenvalue weighted by Crippen LogP contribution is -2.22. The average Bonchev–Trinajstić information content (AvgIpc) is 3.23. The average molecular weight is 403 g/mol. The summed E-state index contributed by atoms with van der Waals surface area (Å²) in [5.41, 5.74) is 2.94.